The van der Waals surface area contributed by atoms with E-state index in [2.05, 4.69) is 35.3 Å². The molecule has 1 spiro atoms. The van der Waals surface area contributed by atoms with E-state index in [0.717, 1.165) is 61.4 Å². The molecule has 5 nitrogen and oxygen atoms in total. The second-order valence-corrected chi connectivity index (χ2v) is 10.0. The number of nitrogens with zero attached hydrogens (tertiary/aromatic N) is 2. The second-order valence-electron chi connectivity index (χ2n) is 10.0. The minimum Gasteiger partial charge on any atom is -0.457 e. The molecular weight excluding hydrogens is 422 g/mol. The number of hydrogen-bond donors (Lipinski definition) is 1. The molecule has 1 N–H and O–H groups in total. The molecular formula is C29H31N3O2. The summed E-state index contributed by atoms with van der Waals surface area (Å²) in [5.41, 5.74) is 4.51. The smallest absolute Gasteiger partial charge is 0.326 e. The zero-order valence-electron chi connectivity index (χ0n) is 19.7. The molecule has 2 heterocycles. The van der Waals surface area contributed by atoms with Gasteiger partial charge in [-0.1, -0.05) is 35.9 Å². The summed E-state index contributed by atoms with van der Waals surface area (Å²) in [6, 6.07) is 24.6. The van der Waals surface area contributed by atoms with Gasteiger partial charge in [-0.3, -0.25) is 4.90 Å². The fraction of sp³-hybridized carbons (Fsp3) is 0.345. The Hall–Kier alpha value is -3.31. The first-order valence-corrected chi connectivity index (χ1v) is 12.4. The van der Waals surface area contributed by atoms with Crippen LogP contribution in [0.5, 0.6) is 11.5 Å². The lowest BCUT2D eigenvalue weighted by Crippen LogP contribution is -2.47. The molecule has 3 aromatic rings. The van der Waals surface area contributed by atoms with Gasteiger partial charge in [0.15, 0.2) is 0 Å². The molecule has 0 unspecified atom stereocenters. The molecule has 5 heteroatoms. The zero-order valence-corrected chi connectivity index (χ0v) is 19.7. The van der Waals surface area contributed by atoms with Crippen molar-refractivity contribution in [1.29, 1.82) is 0 Å². The van der Waals surface area contributed by atoms with Crippen LogP contribution >= 0.6 is 0 Å². The molecule has 1 aliphatic carbocycles. The van der Waals surface area contributed by atoms with Gasteiger partial charge >= 0.3 is 6.03 Å². The Morgan fingerprint density at radius 3 is 2.35 bits per heavy atom. The Bertz CT molecular complexity index is 1180. The van der Waals surface area contributed by atoms with Gasteiger partial charge in [0, 0.05) is 29.4 Å². The molecule has 34 heavy (non-hydrogen) atoms. The number of ether oxygens (including phenoxy) is 1. The van der Waals surface area contributed by atoms with Crippen LogP contribution in [0.1, 0.15) is 36.8 Å². The van der Waals surface area contributed by atoms with Crippen LogP contribution in [0.2, 0.25) is 0 Å². The van der Waals surface area contributed by atoms with E-state index in [-0.39, 0.29) is 11.4 Å². The van der Waals surface area contributed by atoms with E-state index >= 15 is 0 Å². The highest BCUT2D eigenvalue weighted by Gasteiger charge is 2.47. The van der Waals surface area contributed by atoms with E-state index in [1.54, 1.807) is 0 Å². The van der Waals surface area contributed by atoms with E-state index < -0.39 is 0 Å². The number of piperidine rings is 1. The predicted molar refractivity (Wildman–Crippen MR) is 136 cm³/mol. The first kappa shape index (κ1) is 21.2. The van der Waals surface area contributed by atoms with Crippen molar-refractivity contribution in [3.63, 3.8) is 0 Å². The first-order chi connectivity index (χ1) is 16.6. The van der Waals surface area contributed by atoms with E-state index in [9.17, 15) is 4.79 Å². The molecule has 2 amide bonds. The van der Waals surface area contributed by atoms with Crippen molar-refractivity contribution < 1.29 is 9.53 Å². The lowest BCUT2D eigenvalue weighted by atomic mass is 9.74. The minimum atomic E-state index is -0.0664. The number of para-hydroxylation sites is 1. The van der Waals surface area contributed by atoms with Crippen molar-refractivity contribution in [2.75, 3.05) is 29.9 Å². The number of anilines is 2. The fourth-order valence-electron chi connectivity index (χ4n) is 5.57. The van der Waals surface area contributed by atoms with Crippen molar-refractivity contribution in [2.24, 2.45) is 0 Å². The number of aryl methyl sites for hydroxylation is 1. The van der Waals surface area contributed by atoms with Crippen LogP contribution in [0.15, 0.2) is 72.8 Å². The molecule has 0 bridgehead atoms. The van der Waals surface area contributed by atoms with Gasteiger partial charge in [-0.2, -0.15) is 0 Å². The van der Waals surface area contributed by atoms with Gasteiger partial charge in [-0.15, -0.1) is 0 Å². The van der Waals surface area contributed by atoms with Gasteiger partial charge in [0.1, 0.15) is 11.5 Å². The van der Waals surface area contributed by atoms with Crippen LogP contribution < -0.4 is 15.0 Å². The first-order valence-electron chi connectivity index (χ1n) is 12.4. The third kappa shape index (κ3) is 4.05. The predicted octanol–water partition coefficient (Wildman–Crippen LogP) is 6.34. The van der Waals surface area contributed by atoms with E-state index in [4.69, 9.17) is 4.74 Å². The monoisotopic (exact) mass is 453 g/mol. The number of benzene rings is 3. The van der Waals surface area contributed by atoms with Gasteiger partial charge < -0.3 is 15.0 Å². The summed E-state index contributed by atoms with van der Waals surface area (Å²) in [4.78, 5) is 18.0. The van der Waals surface area contributed by atoms with Crippen molar-refractivity contribution in [3.05, 3.63) is 83.9 Å². The Balaban J connectivity index is 1.18. The molecule has 0 aromatic heterocycles. The van der Waals surface area contributed by atoms with Gasteiger partial charge in [-0.25, -0.2) is 4.79 Å². The number of hydrogen-bond acceptors (Lipinski definition) is 3. The lowest BCUT2D eigenvalue weighted by Gasteiger charge is -2.40. The quantitative estimate of drug-likeness (QED) is 0.502. The number of urea groups is 1. The van der Waals surface area contributed by atoms with Gasteiger partial charge in [0.05, 0.1) is 0 Å². The van der Waals surface area contributed by atoms with Crippen LogP contribution in [0.25, 0.3) is 0 Å². The van der Waals surface area contributed by atoms with Crippen molar-refractivity contribution in [1.82, 2.24) is 4.90 Å². The summed E-state index contributed by atoms with van der Waals surface area (Å²) in [7, 11) is 0. The lowest BCUT2D eigenvalue weighted by molar-refractivity contribution is 0.159. The Morgan fingerprint density at radius 1 is 0.941 bits per heavy atom. The molecule has 6 rings (SSSR count). The molecule has 0 radical (unpaired) electrons. The van der Waals surface area contributed by atoms with Crippen LogP contribution in [0, 0.1) is 6.92 Å². The number of amides is 2. The largest absolute Gasteiger partial charge is 0.457 e. The highest BCUT2D eigenvalue weighted by molar-refractivity contribution is 6.03. The number of carbonyl (C=O) groups is 1. The SMILES string of the molecule is Cc1ccc2c(c1)C1(CCN(C3CC3)CC1)CN2C(=O)Nc1ccc(Oc2ccccc2)cc1. The van der Waals surface area contributed by atoms with Crippen LogP contribution in [0.3, 0.4) is 0 Å². The van der Waals surface area contributed by atoms with Crippen molar-refractivity contribution in [3.8, 4) is 11.5 Å². The standard InChI is InChI=1S/C29H31N3O2/c1-21-7-14-27-26(19-21)29(15-17-31(18-16-29)23-10-11-23)20-32(27)28(33)30-22-8-12-25(13-9-22)34-24-5-3-2-4-6-24/h2-9,12-14,19,23H,10-11,15-18,20H2,1H3,(H,30,33). The summed E-state index contributed by atoms with van der Waals surface area (Å²) >= 11 is 0. The number of fused-ring (bicyclic) bond motifs is 2. The van der Waals surface area contributed by atoms with Crippen LogP contribution in [-0.2, 0) is 5.41 Å². The summed E-state index contributed by atoms with van der Waals surface area (Å²) in [6.45, 7) is 5.17. The normalized spacial score (nSPS) is 19.1. The van der Waals surface area contributed by atoms with Gasteiger partial charge in [0.25, 0.3) is 0 Å². The number of nitrogens with one attached hydrogen (secondary N) is 1. The average molecular weight is 454 g/mol. The molecule has 3 aliphatic rings. The maximum atomic E-state index is 13.4. The third-order valence-electron chi connectivity index (χ3n) is 7.62. The molecule has 2 aliphatic heterocycles. The molecule has 174 valence electrons. The van der Waals surface area contributed by atoms with Crippen LogP contribution in [0.4, 0.5) is 16.2 Å². The fourth-order valence-corrected chi connectivity index (χ4v) is 5.57. The molecule has 1 saturated heterocycles. The Morgan fingerprint density at radius 2 is 1.65 bits per heavy atom. The van der Waals surface area contributed by atoms with Crippen molar-refractivity contribution in [2.45, 2.75) is 44.1 Å². The molecule has 2 fully saturated rings. The Labute approximate surface area is 201 Å². The van der Waals surface area contributed by atoms with E-state index in [1.165, 1.54) is 24.0 Å². The Kier molecular flexibility index (Phi) is 5.30. The van der Waals surface area contributed by atoms with Gasteiger partial charge in [-0.05, 0) is 93.7 Å². The summed E-state index contributed by atoms with van der Waals surface area (Å²) in [5, 5.41) is 3.11. The summed E-state index contributed by atoms with van der Waals surface area (Å²) in [5.74, 6) is 1.54. The number of likely N-dealkylation sites (tertiary alicyclic amines) is 1. The number of carbonyl (C=O) groups excluding carboxylic acids is 1. The third-order valence-corrected chi connectivity index (χ3v) is 7.62. The molecule has 0 atom stereocenters. The topological polar surface area (TPSA) is 44.8 Å². The van der Waals surface area contributed by atoms with Crippen LogP contribution in [-0.4, -0.2) is 36.6 Å². The maximum Gasteiger partial charge on any atom is 0.326 e. The van der Waals surface area contributed by atoms with Crippen molar-refractivity contribution >= 4 is 17.4 Å². The van der Waals surface area contributed by atoms with Gasteiger partial charge in [0.2, 0.25) is 0 Å². The minimum absolute atomic E-state index is 0.0664. The summed E-state index contributed by atoms with van der Waals surface area (Å²) in [6.07, 6.45) is 4.95. The summed E-state index contributed by atoms with van der Waals surface area (Å²) < 4.78 is 5.87. The highest BCUT2D eigenvalue weighted by atomic mass is 16.5. The highest BCUT2D eigenvalue weighted by Crippen LogP contribution is 2.48. The molecule has 3 aromatic carbocycles. The molecule has 1 saturated carbocycles. The number of rotatable bonds is 4. The zero-order chi connectivity index (χ0) is 23.1. The second kappa shape index (κ2) is 8.48. The van der Waals surface area contributed by atoms with E-state index in [0.29, 0.717) is 0 Å². The average Bonchev–Trinajstić information content (AvgIpc) is 3.66. The maximum absolute atomic E-state index is 13.4. The van der Waals surface area contributed by atoms with E-state index in [1.807, 2.05) is 59.5 Å².